The number of anilines is 2. The average molecular weight is 612 g/mol. The second-order valence-electron chi connectivity index (χ2n) is 9.79. The molecule has 1 fully saturated rings. The van der Waals surface area contributed by atoms with E-state index in [4.69, 9.17) is 4.74 Å². The number of carbonyl (C=O) groups is 3. The maximum absolute atomic E-state index is 14.2. The van der Waals surface area contributed by atoms with Crippen LogP contribution in [0, 0.1) is 12.7 Å². The number of benzene rings is 3. The zero-order valence-electron chi connectivity index (χ0n) is 22.7. The number of rotatable bonds is 6. The van der Waals surface area contributed by atoms with Crippen LogP contribution in [-0.2, 0) is 20.9 Å². The van der Waals surface area contributed by atoms with Gasteiger partial charge < -0.3 is 24.8 Å². The number of nitrogens with zero attached hydrogens (tertiary/aromatic N) is 3. The summed E-state index contributed by atoms with van der Waals surface area (Å²) >= 11 is 3.46. The Morgan fingerprint density at radius 1 is 1.00 bits per heavy atom. The monoisotopic (exact) mass is 610 g/mol. The Bertz CT molecular complexity index is 1400. The summed E-state index contributed by atoms with van der Waals surface area (Å²) in [7, 11) is 1.53. The van der Waals surface area contributed by atoms with Crippen molar-refractivity contribution in [1.29, 1.82) is 0 Å². The third-order valence-electron chi connectivity index (χ3n) is 6.72. The highest BCUT2D eigenvalue weighted by atomic mass is 79.9. The first-order valence-corrected chi connectivity index (χ1v) is 13.8. The zero-order chi connectivity index (χ0) is 28.8. The lowest BCUT2D eigenvalue weighted by atomic mass is 10.2. The summed E-state index contributed by atoms with van der Waals surface area (Å²) in [6.07, 6.45) is 0.728. The molecule has 0 aromatic heterocycles. The molecule has 0 bridgehead atoms. The van der Waals surface area contributed by atoms with Crippen LogP contribution in [0.1, 0.15) is 24.5 Å². The molecule has 0 atom stereocenters. The van der Waals surface area contributed by atoms with Gasteiger partial charge in [0.1, 0.15) is 17.3 Å². The maximum atomic E-state index is 14.2. The largest absolute Gasteiger partial charge is 0.457 e. The SMILES string of the molecule is CC(=O)N1CCCN(c2ccc(F)cc2NC(=O)C(=O)N(C)Cc2ccc(Br)cc2Oc2ccc(C)cc2)CC1. The minimum atomic E-state index is -0.882. The van der Waals surface area contributed by atoms with Crippen molar-refractivity contribution >= 4 is 45.0 Å². The van der Waals surface area contributed by atoms with Gasteiger partial charge in [0.15, 0.2) is 0 Å². The lowest BCUT2D eigenvalue weighted by molar-refractivity contribution is -0.142. The van der Waals surface area contributed by atoms with E-state index in [1.165, 1.54) is 31.0 Å². The van der Waals surface area contributed by atoms with Gasteiger partial charge in [-0.3, -0.25) is 14.4 Å². The van der Waals surface area contributed by atoms with Crippen molar-refractivity contribution in [1.82, 2.24) is 9.80 Å². The van der Waals surface area contributed by atoms with Crippen LogP contribution in [0.15, 0.2) is 65.1 Å². The first-order chi connectivity index (χ1) is 19.1. The number of nitrogens with one attached hydrogen (secondary N) is 1. The van der Waals surface area contributed by atoms with Crippen LogP contribution >= 0.6 is 15.9 Å². The van der Waals surface area contributed by atoms with Crippen LogP contribution in [0.25, 0.3) is 0 Å². The maximum Gasteiger partial charge on any atom is 0.313 e. The second kappa shape index (κ2) is 13.0. The zero-order valence-corrected chi connectivity index (χ0v) is 24.3. The summed E-state index contributed by atoms with van der Waals surface area (Å²) in [6, 6.07) is 17.2. The van der Waals surface area contributed by atoms with E-state index >= 15 is 0 Å². The Morgan fingerprint density at radius 2 is 1.75 bits per heavy atom. The summed E-state index contributed by atoms with van der Waals surface area (Å²) in [6.45, 7) is 5.93. The molecular weight excluding hydrogens is 579 g/mol. The van der Waals surface area contributed by atoms with E-state index in [0.29, 0.717) is 48.9 Å². The quantitative estimate of drug-likeness (QED) is 0.381. The highest BCUT2D eigenvalue weighted by Crippen LogP contribution is 2.31. The summed E-state index contributed by atoms with van der Waals surface area (Å²) in [5.41, 5.74) is 2.61. The molecule has 3 amide bonds. The molecule has 1 aliphatic heterocycles. The molecule has 1 saturated heterocycles. The standard InChI is InChI=1S/C30H32BrFN4O4/c1-20-5-10-25(11-6-20)40-28-17-23(31)8-7-22(28)19-34(3)30(39)29(38)33-26-18-24(32)9-12-27(26)36-14-4-13-35(15-16-36)21(2)37/h5-12,17-18H,4,13-16,19H2,1-3H3,(H,33,38). The predicted octanol–water partition coefficient (Wildman–Crippen LogP) is 5.34. The fraction of sp³-hybridized carbons (Fsp3) is 0.300. The van der Waals surface area contributed by atoms with Crippen LogP contribution in [0.5, 0.6) is 11.5 Å². The molecule has 1 N–H and O–H groups in total. The normalized spacial score (nSPS) is 13.4. The third-order valence-corrected chi connectivity index (χ3v) is 7.21. The Labute approximate surface area is 241 Å². The molecule has 210 valence electrons. The fourth-order valence-electron chi connectivity index (χ4n) is 4.52. The highest BCUT2D eigenvalue weighted by Gasteiger charge is 2.24. The van der Waals surface area contributed by atoms with E-state index in [1.807, 2.05) is 48.2 Å². The van der Waals surface area contributed by atoms with Gasteiger partial charge in [0.2, 0.25) is 5.91 Å². The first kappa shape index (κ1) is 29.1. The van der Waals surface area contributed by atoms with Crippen LogP contribution < -0.4 is 15.0 Å². The Morgan fingerprint density at radius 3 is 2.48 bits per heavy atom. The van der Waals surface area contributed by atoms with Crippen LogP contribution in [0.2, 0.25) is 0 Å². The van der Waals surface area contributed by atoms with Crippen LogP contribution in [-0.4, -0.2) is 60.7 Å². The van der Waals surface area contributed by atoms with Gasteiger partial charge >= 0.3 is 11.8 Å². The number of carbonyl (C=O) groups excluding carboxylic acids is 3. The lowest BCUT2D eigenvalue weighted by Gasteiger charge is -2.26. The van der Waals surface area contributed by atoms with E-state index in [1.54, 1.807) is 17.0 Å². The minimum absolute atomic E-state index is 0.00122. The summed E-state index contributed by atoms with van der Waals surface area (Å²) in [5.74, 6) is -0.999. The van der Waals surface area contributed by atoms with Crippen molar-refractivity contribution in [3.63, 3.8) is 0 Å². The van der Waals surface area contributed by atoms with Gasteiger partial charge in [-0.1, -0.05) is 39.7 Å². The average Bonchev–Trinajstić information content (AvgIpc) is 3.17. The molecule has 0 unspecified atom stereocenters. The van der Waals surface area contributed by atoms with Gasteiger partial charge in [0, 0.05) is 56.7 Å². The van der Waals surface area contributed by atoms with Gasteiger partial charge in [0.25, 0.3) is 0 Å². The van der Waals surface area contributed by atoms with Gasteiger partial charge in [-0.25, -0.2) is 4.39 Å². The van der Waals surface area contributed by atoms with Crippen molar-refractivity contribution < 1.29 is 23.5 Å². The lowest BCUT2D eigenvalue weighted by Crippen LogP contribution is -2.37. The molecule has 0 radical (unpaired) electrons. The molecule has 1 heterocycles. The van der Waals surface area contributed by atoms with Gasteiger partial charge in [0.05, 0.1) is 11.4 Å². The number of aryl methyl sites for hydroxylation is 1. The van der Waals surface area contributed by atoms with Crippen molar-refractivity contribution in [2.24, 2.45) is 0 Å². The topological polar surface area (TPSA) is 82.2 Å². The molecule has 8 nitrogen and oxygen atoms in total. The summed E-state index contributed by atoms with van der Waals surface area (Å²) < 4.78 is 21.1. The van der Waals surface area contributed by atoms with Crippen LogP contribution in [0.3, 0.4) is 0 Å². The van der Waals surface area contributed by atoms with E-state index in [9.17, 15) is 18.8 Å². The molecule has 40 heavy (non-hydrogen) atoms. The number of hydrogen-bond acceptors (Lipinski definition) is 5. The Kier molecular flexibility index (Phi) is 9.42. The van der Waals surface area contributed by atoms with Crippen LogP contribution in [0.4, 0.5) is 15.8 Å². The number of likely N-dealkylation sites (N-methyl/N-ethyl adjacent to an activating group) is 1. The number of ether oxygens (including phenoxy) is 1. The third kappa shape index (κ3) is 7.38. The van der Waals surface area contributed by atoms with Crippen molar-refractivity contribution in [2.75, 3.05) is 43.4 Å². The smallest absolute Gasteiger partial charge is 0.313 e. The molecular formula is C30H32BrFN4O4. The van der Waals surface area contributed by atoms with Gasteiger partial charge in [-0.15, -0.1) is 0 Å². The molecule has 3 aromatic rings. The van der Waals surface area contributed by atoms with E-state index in [0.717, 1.165) is 16.5 Å². The van der Waals surface area contributed by atoms with Crippen molar-refractivity contribution in [2.45, 2.75) is 26.8 Å². The second-order valence-corrected chi connectivity index (χ2v) is 10.7. The van der Waals surface area contributed by atoms with Gasteiger partial charge in [-0.05, 0) is 55.8 Å². The van der Waals surface area contributed by atoms with Gasteiger partial charge in [-0.2, -0.15) is 0 Å². The minimum Gasteiger partial charge on any atom is -0.457 e. The number of halogens is 2. The first-order valence-electron chi connectivity index (χ1n) is 13.0. The van der Waals surface area contributed by atoms with Crippen molar-refractivity contribution in [3.8, 4) is 11.5 Å². The Balaban J connectivity index is 1.47. The molecule has 0 aliphatic carbocycles. The molecule has 10 heteroatoms. The summed E-state index contributed by atoms with van der Waals surface area (Å²) in [4.78, 5) is 43.0. The Hall–Kier alpha value is -3.92. The molecule has 1 aliphatic rings. The van der Waals surface area contributed by atoms with E-state index in [-0.39, 0.29) is 18.1 Å². The number of hydrogen-bond donors (Lipinski definition) is 1. The molecule has 4 rings (SSSR count). The fourth-order valence-corrected chi connectivity index (χ4v) is 4.86. The molecule has 0 saturated carbocycles. The van der Waals surface area contributed by atoms with Crippen molar-refractivity contribution in [3.05, 3.63) is 82.1 Å². The number of amides is 3. The van der Waals surface area contributed by atoms with E-state index < -0.39 is 17.6 Å². The molecule has 3 aromatic carbocycles. The molecule has 0 spiro atoms. The van der Waals surface area contributed by atoms with E-state index in [2.05, 4.69) is 21.2 Å². The highest BCUT2D eigenvalue weighted by molar-refractivity contribution is 9.10. The predicted molar refractivity (Wildman–Crippen MR) is 156 cm³/mol. The summed E-state index contributed by atoms with van der Waals surface area (Å²) in [5, 5.41) is 2.61.